The topological polar surface area (TPSA) is 41.1 Å². The van der Waals surface area contributed by atoms with Crippen LogP contribution in [0.25, 0.3) is 0 Å². The smallest absolute Gasteiger partial charge is 0.224 e. The number of hydrogen-bond donors (Lipinski definition) is 2. The average Bonchev–Trinajstić information content (AvgIpc) is 2.84. The van der Waals surface area contributed by atoms with Crippen molar-refractivity contribution in [1.82, 2.24) is 10.6 Å². The first-order valence-corrected chi connectivity index (χ1v) is 6.06. The standard InChI is InChI=1S/C13H16F2N2O.ClH/c14-11-1-2-12(15)10(5-11)6-13(18)17-8-9-3-4-16-7-9;/h1-2,5,9,16H,3-4,6-8H2,(H,17,18);1H. The molecule has 1 aliphatic heterocycles. The van der Waals surface area contributed by atoms with Crippen LogP contribution in [-0.4, -0.2) is 25.5 Å². The van der Waals surface area contributed by atoms with E-state index < -0.39 is 11.6 Å². The monoisotopic (exact) mass is 290 g/mol. The van der Waals surface area contributed by atoms with Crippen LogP contribution < -0.4 is 10.6 Å². The van der Waals surface area contributed by atoms with Crippen molar-refractivity contribution in [2.75, 3.05) is 19.6 Å². The van der Waals surface area contributed by atoms with Crippen molar-refractivity contribution in [3.63, 3.8) is 0 Å². The molecule has 0 saturated carbocycles. The van der Waals surface area contributed by atoms with Crippen molar-refractivity contribution in [1.29, 1.82) is 0 Å². The number of amides is 1. The van der Waals surface area contributed by atoms with E-state index in [0.717, 1.165) is 37.7 Å². The van der Waals surface area contributed by atoms with Crippen molar-refractivity contribution >= 4 is 18.3 Å². The van der Waals surface area contributed by atoms with Gasteiger partial charge in [-0.1, -0.05) is 0 Å². The fourth-order valence-electron chi connectivity index (χ4n) is 2.06. The number of nitrogens with one attached hydrogen (secondary N) is 2. The van der Waals surface area contributed by atoms with Gasteiger partial charge in [-0.25, -0.2) is 8.78 Å². The molecular weight excluding hydrogens is 274 g/mol. The highest BCUT2D eigenvalue weighted by Crippen LogP contribution is 2.10. The van der Waals surface area contributed by atoms with E-state index in [9.17, 15) is 13.6 Å². The van der Waals surface area contributed by atoms with Gasteiger partial charge in [-0.05, 0) is 43.6 Å². The molecule has 19 heavy (non-hydrogen) atoms. The van der Waals surface area contributed by atoms with Crippen molar-refractivity contribution in [3.05, 3.63) is 35.4 Å². The summed E-state index contributed by atoms with van der Waals surface area (Å²) < 4.78 is 26.2. The van der Waals surface area contributed by atoms with Crippen molar-refractivity contribution in [2.45, 2.75) is 12.8 Å². The van der Waals surface area contributed by atoms with Crippen LogP contribution in [0.4, 0.5) is 8.78 Å². The molecule has 1 unspecified atom stereocenters. The zero-order valence-electron chi connectivity index (χ0n) is 10.4. The molecule has 0 aliphatic carbocycles. The van der Waals surface area contributed by atoms with Gasteiger partial charge in [0.25, 0.3) is 0 Å². The molecule has 1 amide bonds. The van der Waals surface area contributed by atoms with E-state index in [1.54, 1.807) is 0 Å². The molecule has 1 heterocycles. The Morgan fingerprint density at radius 1 is 1.42 bits per heavy atom. The Hall–Kier alpha value is -1.20. The summed E-state index contributed by atoms with van der Waals surface area (Å²) in [6.45, 7) is 2.45. The molecule has 1 fully saturated rings. The van der Waals surface area contributed by atoms with Crippen molar-refractivity contribution in [3.8, 4) is 0 Å². The number of hydrogen-bond acceptors (Lipinski definition) is 2. The normalized spacial score (nSPS) is 17.9. The third kappa shape index (κ3) is 4.76. The van der Waals surface area contributed by atoms with E-state index in [1.165, 1.54) is 0 Å². The molecule has 0 spiro atoms. The minimum atomic E-state index is -0.547. The van der Waals surface area contributed by atoms with Gasteiger partial charge < -0.3 is 10.6 Å². The Kier molecular flexibility index (Phi) is 6.18. The molecular formula is C13H17ClF2N2O. The summed E-state index contributed by atoms with van der Waals surface area (Å²) in [5.74, 6) is -0.911. The molecule has 2 rings (SSSR count). The van der Waals surface area contributed by atoms with Crippen LogP contribution in [0.2, 0.25) is 0 Å². The van der Waals surface area contributed by atoms with E-state index in [1.807, 2.05) is 0 Å². The van der Waals surface area contributed by atoms with E-state index in [4.69, 9.17) is 0 Å². The second-order valence-electron chi connectivity index (χ2n) is 4.58. The summed E-state index contributed by atoms with van der Waals surface area (Å²) in [5, 5.41) is 5.95. The van der Waals surface area contributed by atoms with Crippen LogP contribution in [0.3, 0.4) is 0 Å². The van der Waals surface area contributed by atoms with E-state index in [-0.39, 0.29) is 30.3 Å². The molecule has 0 radical (unpaired) electrons. The molecule has 3 nitrogen and oxygen atoms in total. The van der Waals surface area contributed by atoms with Gasteiger partial charge in [0.1, 0.15) is 11.6 Å². The van der Waals surface area contributed by atoms with Crippen LogP contribution in [0.5, 0.6) is 0 Å². The first-order chi connectivity index (χ1) is 8.65. The highest BCUT2D eigenvalue weighted by Gasteiger charge is 2.16. The van der Waals surface area contributed by atoms with Crippen LogP contribution in [0, 0.1) is 17.6 Å². The van der Waals surface area contributed by atoms with Gasteiger partial charge in [0.05, 0.1) is 6.42 Å². The lowest BCUT2D eigenvalue weighted by Gasteiger charge is -2.10. The van der Waals surface area contributed by atoms with Gasteiger partial charge in [0.2, 0.25) is 5.91 Å². The predicted octanol–water partition coefficient (Wildman–Crippen LogP) is 1.65. The van der Waals surface area contributed by atoms with Gasteiger partial charge in [-0.3, -0.25) is 4.79 Å². The van der Waals surface area contributed by atoms with Crippen LogP contribution in [0.15, 0.2) is 18.2 Å². The zero-order valence-corrected chi connectivity index (χ0v) is 11.2. The number of rotatable bonds is 4. The van der Waals surface area contributed by atoms with Gasteiger partial charge in [-0.15, -0.1) is 12.4 Å². The summed E-state index contributed by atoms with van der Waals surface area (Å²) in [5.41, 5.74) is 0.0945. The lowest BCUT2D eigenvalue weighted by Crippen LogP contribution is -2.31. The third-order valence-electron chi connectivity index (χ3n) is 3.11. The van der Waals surface area contributed by atoms with Crippen LogP contribution in [0.1, 0.15) is 12.0 Å². The summed E-state index contributed by atoms with van der Waals surface area (Å²) in [7, 11) is 0. The molecule has 6 heteroatoms. The Morgan fingerprint density at radius 3 is 2.89 bits per heavy atom. The molecule has 0 aromatic heterocycles. The van der Waals surface area contributed by atoms with Crippen LogP contribution in [-0.2, 0) is 11.2 Å². The molecule has 1 aliphatic rings. The maximum absolute atomic E-state index is 13.3. The molecule has 1 aromatic carbocycles. The minimum Gasteiger partial charge on any atom is -0.355 e. The fraction of sp³-hybridized carbons (Fsp3) is 0.462. The number of halogens is 3. The largest absolute Gasteiger partial charge is 0.355 e. The lowest BCUT2D eigenvalue weighted by atomic mass is 10.1. The maximum atomic E-state index is 13.3. The molecule has 1 aromatic rings. The number of carbonyl (C=O) groups excluding carboxylic acids is 1. The van der Waals surface area contributed by atoms with Gasteiger partial charge in [0, 0.05) is 12.1 Å². The molecule has 2 N–H and O–H groups in total. The molecule has 1 atom stereocenters. The number of carbonyl (C=O) groups is 1. The quantitative estimate of drug-likeness (QED) is 0.885. The highest BCUT2D eigenvalue weighted by atomic mass is 35.5. The Bertz CT molecular complexity index is 437. The summed E-state index contributed by atoms with van der Waals surface area (Å²) >= 11 is 0. The first-order valence-electron chi connectivity index (χ1n) is 6.06. The summed E-state index contributed by atoms with van der Waals surface area (Å²) in [6.07, 6.45) is 0.915. The van der Waals surface area contributed by atoms with Crippen molar-refractivity contribution < 1.29 is 13.6 Å². The predicted molar refractivity (Wildman–Crippen MR) is 71.3 cm³/mol. The van der Waals surface area contributed by atoms with Gasteiger partial charge in [-0.2, -0.15) is 0 Å². The molecule has 106 valence electrons. The second kappa shape index (κ2) is 7.40. The highest BCUT2D eigenvalue weighted by molar-refractivity contribution is 5.85. The van der Waals surface area contributed by atoms with Gasteiger partial charge >= 0.3 is 0 Å². The fourth-order valence-corrected chi connectivity index (χ4v) is 2.06. The SMILES string of the molecule is Cl.O=C(Cc1cc(F)ccc1F)NCC1CCNC1. The van der Waals surface area contributed by atoms with E-state index in [2.05, 4.69) is 10.6 Å². The van der Waals surface area contributed by atoms with Gasteiger partial charge in [0.15, 0.2) is 0 Å². The maximum Gasteiger partial charge on any atom is 0.224 e. The van der Waals surface area contributed by atoms with E-state index in [0.29, 0.717) is 12.5 Å². The average molecular weight is 291 g/mol. The molecule has 1 saturated heterocycles. The zero-order chi connectivity index (χ0) is 13.0. The van der Waals surface area contributed by atoms with Crippen molar-refractivity contribution in [2.24, 2.45) is 5.92 Å². The third-order valence-corrected chi connectivity index (χ3v) is 3.11. The lowest BCUT2D eigenvalue weighted by molar-refractivity contribution is -0.120. The Balaban J connectivity index is 0.00000180. The number of benzene rings is 1. The minimum absolute atomic E-state index is 0. The van der Waals surface area contributed by atoms with Crippen LogP contribution >= 0.6 is 12.4 Å². The summed E-state index contributed by atoms with van der Waals surface area (Å²) in [6, 6.07) is 3.14. The summed E-state index contributed by atoms with van der Waals surface area (Å²) in [4.78, 5) is 11.6. The Morgan fingerprint density at radius 2 is 2.21 bits per heavy atom. The molecule has 0 bridgehead atoms. The first kappa shape index (κ1) is 15.9. The Labute approximate surface area is 117 Å². The van der Waals surface area contributed by atoms with E-state index >= 15 is 0 Å². The second-order valence-corrected chi connectivity index (χ2v) is 4.58.